The van der Waals surface area contributed by atoms with Crippen molar-refractivity contribution < 1.29 is 8.78 Å². The monoisotopic (exact) mass is 565 g/mol. The molecular formula is C38H29F2NSi. The van der Waals surface area contributed by atoms with E-state index in [4.69, 9.17) is 0 Å². The van der Waals surface area contributed by atoms with Gasteiger partial charge in [0, 0.05) is 5.69 Å². The van der Waals surface area contributed by atoms with E-state index >= 15 is 0 Å². The van der Waals surface area contributed by atoms with Crippen molar-refractivity contribution in [3.63, 3.8) is 0 Å². The molecule has 0 aromatic heterocycles. The lowest BCUT2D eigenvalue weighted by atomic mass is 10.1. The second-order valence-corrected chi connectivity index (χ2v) is 13.8. The molecule has 6 aromatic carbocycles. The minimum atomic E-state index is -2.55. The summed E-state index contributed by atoms with van der Waals surface area (Å²) in [6.07, 6.45) is 2.18. The molecule has 6 rings (SSSR count). The Labute approximate surface area is 246 Å². The van der Waals surface area contributed by atoms with E-state index in [0.717, 1.165) is 5.56 Å². The number of para-hydroxylation sites is 2. The first-order valence-electron chi connectivity index (χ1n) is 13.9. The molecular weight excluding hydrogens is 537 g/mol. The quantitative estimate of drug-likeness (QED) is 0.133. The van der Waals surface area contributed by atoms with Gasteiger partial charge in [0.05, 0.1) is 11.4 Å². The summed E-state index contributed by atoms with van der Waals surface area (Å²) in [5.41, 5.74) is 4.62. The Bertz CT molecular complexity index is 1640. The fourth-order valence-electron chi connectivity index (χ4n) is 5.52. The van der Waals surface area contributed by atoms with Crippen LogP contribution in [0.3, 0.4) is 0 Å². The number of hydrogen-bond acceptors (Lipinski definition) is 1. The molecule has 0 atom stereocenters. The molecule has 6 aromatic rings. The maximum atomic E-state index is 15.0. The van der Waals surface area contributed by atoms with Crippen LogP contribution in [0.25, 0.3) is 6.08 Å². The zero-order valence-corrected chi connectivity index (χ0v) is 23.9. The number of rotatable bonds is 8. The van der Waals surface area contributed by atoms with E-state index in [1.165, 1.54) is 27.7 Å². The Morgan fingerprint density at radius 1 is 0.429 bits per heavy atom. The molecule has 0 N–H and O–H groups in total. The van der Waals surface area contributed by atoms with Gasteiger partial charge < -0.3 is 4.90 Å². The summed E-state index contributed by atoms with van der Waals surface area (Å²) in [5.74, 6) is -0.844. The molecule has 0 aliphatic heterocycles. The molecule has 204 valence electrons. The summed E-state index contributed by atoms with van der Waals surface area (Å²) < 4.78 is 30.0. The highest BCUT2D eigenvalue weighted by molar-refractivity contribution is 7.15. The first-order valence-corrected chi connectivity index (χ1v) is 16.0. The molecule has 0 fully saturated rings. The van der Waals surface area contributed by atoms with Crippen molar-refractivity contribution >= 4 is 46.8 Å². The lowest BCUT2D eigenvalue weighted by Crippen LogP contribution is -2.66. The first kappa shape index (κ1) is 27.1. The van der Waals surface area contributed by atoms with Crippen LogP contribution in [0.4, 0.5) is 25.8 Å². The van der Waals surface area contributed by atoms with Crippen molar-refractivity contribution in [2.24, 2.45) is 0 Å². The van der Waals surface area contributed by atoms with E-state index in [-0.39, 0.29) is 11.4 Å². The topological polar surface area (TPSA) is 3.24 Å². The van der Waals surface area contributed by atoms with Gasteiger partial charge in [-0.1, -0.05) is 139 Å². The van der Waals surface area contributed by atoms with Crippen molar-refractivity contribution in [1.29, 1.82) is 0 Å². The number of nitrogens with zero attached hydrogens (tertiary/aromatic N) is 1. The summed E-state index contributed by atoms with van der Waals surface area (Å²) in [7, 11) is -2.55. The van der Waals surface area contributed by atoms with E-state index < -0.39 is 19.7 Å². The molecule has 0 spiro atoms. The number of hydrogen-bond donors (Lipinski definition) is 0. The Hall–Kier alpha value is -5.06. The van der Waals surface area contributed by atoms with E-state index in [1.807, 2.05) is 24.3 Å². The zero-order chi connectivity index (χ0) is 28.8. The maximum Gasteiger partial charge on any atom is 0.172 e. The van der Waals surface area contributed by atoms with Crippen LogP contribution < -0.4 is 20.5 Å². The summed E-state index contributed by atoms with van der Waals surface area (Å²) in [4.78, 5) is 1.62. The molecule has 0 aliphatic rings. The molecule has 0 aliphatic carbocycles. The van der Waals surface area contributed by atoms with Crippen molar-refractivity contribution in [3.05, 3.63) is 187 Å². The highest BCUT2D eigenvalue weighted by atomic mass is 28.3. The molecule has 0 amide bonds. The Balaban J connectivity index is 1.45. The van der Waals surface area contributed by atoms with Gasteiger partial charge in [0.25, 0.3) is 0 Å². The van der Waals surface area contributed by atoms with Crippen LogP contribution in [-0.2, 0) is 0 Å². The summed E-state index contributed by atoms with van der Waals surface area (Å²) >= 11 is 0. The average Bonchev–Trinajstić information content (AvgIpc) is 3.05. The number of halogens is 2. The predicted octanol–water partition coefficient (Wildman–Crippen LogP) is 8.16. The van der Waals surface area contributed by atoms with Gasteiger partial charge in [0.2, 0.25) is 0 Å². The Morgan fingerprint density at radius 3 is 1.21 bits per heavy atom. The average molecular weight is 566 g/mol. The van der Waals surface area contributed by atoms with Gasteiger partial charge >= 0.3 is 0 Å². The van der Waals surface area contributed by atoms with Gasteiger partial charge in [-0.2, -0.15) is 0 Å². The lowest BCUT2D eigenvalue weighted by Gasteiger charge is -2.30. The molecule has 0 saturated heterocycles. The number of anilines is 3. The van der Waals surface area contributed by atoms with Gasteiger partial charge in [0.15, 0.2) is 8.07 Å². The molecule has 42 heavy (non-hydrogen) atoms. The maximum absolute atomic E-state index is 15.0. The van der Waals surface area contributed by atoms with Crippen LogP contribution in [-0.4, -0.2) is 8.07 Å². The first-order chi connectivity index (χ1) is 20.7. The van der Waals surface area contributed by atoms with Crippen LogP contribution in [0.2, 0.25) is 0 Å². The van der Waals surface area contributed by atoms with Gasteiger partial charge in [-0.05, 0) is 57.5 Å². The summed E-state index contributed by atoms with van der Waals surface area (Å²) in [6, 6.07) is 52.8. The van der Waals surface area contributed by atoms with Crippen LogP contribution in [0.15, 0.2) is 169 Å². The lowest BCUT2D eigenvalue weighted by molar-refractivity contribution is 0.619. The normalized spacial score (nSPS) is 11.5. The van der Waals surface area contributed by atoms with E-state index in [1.54, 1.807) is 41.3 Å². The van der Waals surface area contributed by atoms with Crippen LogP contribution in [0.1, 0.15) is 5.56 Å². The van der Waals surface area contributed by atoms with Crippen molar-refractivity contribution in [2.45, 2.75) is 0 Å². The highest BCUT2D eigenvalue weighted by Gasteiger charge is 2.36. The molecule has 0 heterocycles. The minimum Gasteiger partial charge on any atom is -0.305 e. The van der Waals surface area contributed by atoms with Gasteiger partial charge in [-0.3, -0.25) is 0 Å². The molecule has 1 nitrogen and oxygen atoms in total. The highest BCUT2D eigenvalue weighted by Crippen LogP contribution is 2.37. The van der Waals surface area contributed by atoms with Crippen molar-refractivity contribution in [2.75, 3.05) is 4.90 Å². The zero-order valence-electron chi connectivity index (χ0n) is 22.9. The van der Waals surface area contributed by atoms with E-state index in [9.17, 15) is 8.78 Å². The van der Waals surface area contributed by atoms with Gasteiger partial charge in [0.1, 0.15) is 11.6 Å². The SMILES string of the molecule is Fc1ccccc1N(c1ccc(/C=C/[Si](c2ccccc2)(c2ccccc2)c2ccccc2)cc1)c1ccccc1F. The van der Waals surface area contributed by atoms with Crippen LogP contribution in [0, 0.1) is 11.6 Å². The molecule has 0 unspecified atom stereocenters. The molecule has 4 heteroatoms. The second-order valence-electron chi connectivity index (χ2n) is 10.1. The standard InChI is InChI=1S/C38H29F2NSi/c39-35-20-10-12-22-37(35)41(38-23-13-11-21-36(38)40)31-26-24-30(25-27-31)28-29-42(32-14-4-1-5-15-32,33-16-6-2-7-17-33)34-18-8-3-9-19-34/h1-29H/b29-28+. The summed E-state index contributed by atoms with van der Waals surface area (Å²) in [6.45, 7) is 0. The predicted molar refractivity (Wildman–Crippen MR) is 174 cm³/mol. The third-order valence-corrected chi connectivity index (χ3v) is 11.9. The fourth-order valence-corrected chi connectivity index (χ4v) is 9.70. The minimum absolute atomic E-state index is 0.287. The third-order valence-electron chi connectivity index (χ3n) is 7.55. The Morgan fingerprint density at radius 2 is 0.810 bits per heavy atom. The second kappa shape index (κ2) is 12.2. The van der Waals surface area contributed by atoms with Crippen molar-refractivity contribution in [3.8, 4) is 0 Å². The van der Waals surface area contributed by atoms with Crippen LogP contribution in [0.5, 0.6) is 0 Å². The van der Waals surface area contributed by atoms with Crippen LogP contribution >= 0.6 is 0 Å². The summed E-state index contributed by atoms with van der Waals surface area (Å²) in [5, 5.41) is 3.88. The van der Waals surface area contributed by atoms with Gasteiger partial charge in [-0.15, -0.1) is 0 Å². The van der Waals surface area contributed by atoms with Crippen molar-refractivity contribution in [1.82, 2.24) is 0 Å². The third kappa shape index (κ3) is 5.32. The molecule has 0 radical (unpaired) electrons. The van der Waals surface area contributed by atoms with Gasteiger partial charge in [-0.25, -0.2) is 8.78 Å². The number of benzene rings is 6. The van der Waals surface area contributed by atoms with E-state index in [2.05, 4.69) is 103 Å². The smallest absolute Gasteiger partial charge is 0.172 e. The fraction of sp³-hybridized carbons (Fsp3) is 0. The Kier molecular flexibility index (Phi) is 7.89. The van der Waals surface area contributed by atoms with E-state index in [0.29, 0.717) is 5.69 Å². The molecule has 0 bridgehead atoms. The molecule has 0 saturated carbocycles. The largest absolute Gasteiger partial charge is 0.305 e.